The molecule has 9 heteroatoms. The van der Waals surface area contributed by atoms with E-state index in [1.165, 1.54) is 7.11 Å². The smallest absolute Gasteiger partial charge is 0.405 e. The molecule has 1 rings (SSSR count). The molecule has 0 bridgehead atoms. The maximum Gasteiger partial charge on any atom is 0.405 e. The summed E-state index contributed by atoms with van der Waals surface area (Å²) in [6, 6.07) is -0.153. The third kappa shape index (κ3) is 4.15. The van der Waals surface area contributed by atoms with Crippen molar-refractivity contribution in [1.82, 2.24) is 15.0 Å². The molecule has 0 radical (unpaired) electrons. The van der Waals surface area contributed by atoms with Crippen molar-refractivity contribution in [1.29, 1.82) is 0 Å². The Bertz CT molecular complexity index is 346. The summed E-state index contributed by atoms with van der Waals surface area (Å²) in [5, 5.41) is 1.70. The Morgan fingerprint density at radius 3 is 2.53 bits per heavy atom. The van der Waals surface area contributed by atoms with E-state index in [2.05, 4.69) is 19.7 Å². The summed E-state index contributed by atoms with van der Waals surface area (Å²) in [6.07, 6.45) is -4.35. The van der Waals surface area contributed by atoms with Gasteiger partial charge in [0.15, 0.2) is 0 Å². The van der Waals surface area contributed by atoms with E-state index >= 15 is 0 Å². The Hall–Kier alpha value is -1.31. The van der Waals surface area contributed by atoms with Gasteiger partial charge in [-0.05, 0) is 11.6 Å². The zero-order chi connectivity index (χ0) is 11.5. The molecule has 0 aromatic carbocycles. The van der Waals surface area contributed by atoms with Crippen LogP contribution in [0.25, 0.3) is 0 Å². The molecule has 0 saturated carbocycles. The molecule has 15 heavy (non-hydrogen) atoms. The lowest BCUT2D eigenvalue weighted by atomic mass is 10.6. The van der Waals surface area contributed by atoms with Crippen LogP contribution in [0.3, 0.4) is 0 Å². The van der Waals surface area contributed by atoms with Gasteiger partial charge in [0.05, 0.1) is 7.11 Å². The molecule has 1 N–H and O–H groups in total. The highest BCUT2D eigenvalue weighted by Crippen LogP contribution is 2.16. The van der Waals surface area contributed by atoms with Crippen molar-refractivity contribution in [2.75, 3.05) is 19.0 Å². The number of aromatic nitrogens is 3. The topological polar surface area (TPSA) is 59.9 Å². The van der Waals surface area contributed by atoms with Gasteiger partial charge < -0.3 is 10.1 Å². The Labute approximate surface area is 87.6 Å². The molecule has 1 aromatic heterocycles. The first-order valence-corrected chi connectivity index (χ1v) is 4.05. The van der Waals surface area contributed by atoms with Crippen LogP contribution >= 0.6 is 11.6 Å². The molecule has 0 aliphatic carbocycles. The minimum Gasteiger partial charge on any atom is -0.467 e. The molecule has 84 valence electrons. The molecule has 1 heterocycles. The van der Waals surface area contributed by atoms with Crippen molar-refractivity contribution in [3.63, 3.8) is 0 Å². The van der Waals surface area contributed by atoms with Gasteiger partial charge >= 0.3 is 12.2 Å². The first-order chi connectivity index (χ1) is 6.90. The van der Waals surface area contributed by atoms with E-state index in [0.717, 1.165) is 0 Å². The first-order valence-electron chi connectivity index (χ1n) is 3.67. The van der Waals surface area contributed by atoms with Gasteiger partial charge in [-0.1, -0.05) is 0 Å². The molecule has 0 aliphatic rings. The van der Waals surface area contributed by atoms with E-state index in [1.54, 1.807) is 0 Å². The molecular formula is C6H6ClF3N4O. The lowest BCUT2D eigenvalue weighted by molar-refractivity contribution is -0.115. The highest BCUT2D eigenvalue weighted by molar-refractivity contribution is 6.28. The predicted molar refractivity (Wildman–Crippen MR) is 45.9 cm³/mol. The number of nitrogens with zero attached hydrogens (tertiary/aromatic N) is 3. The standard InChI is InChI=1S/C6H6ClF3N4O/c1-15-5-13-3(7)12-4(14-5)11-2-6(8,9)10/h2H2,1H3,(H,11,12,13,14). The summed E-state index contributed by atoms with van der Waals surface area (Å²) < 4.78 is 40.1. The van der Waals surface area contributed by atoms with Crippen LogP contribution in [-0.4, -0.2) is 34.8 Å². The van der Waals surface area contributed by atoms with Crippen molar-refractivity contribution in [2.24, 2.45) is 0 Å². The highest BCUT2D eigenvalue weighted by Gasteiger charge is 2.27. The lowest BCUT2D eigenvalue weighted by Gasteiger charge is -2.08. The van der Waals surface area contributed by atoms with Crippen LogP contribution in [0.15, 0.2) is 0 Å². The van der Waals surface area contributed by atoms with Gasteiger partial charge in [0.25, 0.3) is 0 Å². The number of halogens is 4. The molecule has 0 spiro atoms. The summed E-state index contributed by atoms with van der Waals surface area (Å²) in [5.41, 5.74) is 0. The van der Waals surface area contributed by atoms with E-state index in [4.69, 9.17) is 11.6 Å². The van der Waals surface area contributed by atoms with E-state index in [1.807, 2.05) is 5.32 Å². The van der Waals surface area contributed by atoms with Gasteiger partial charge in [-0.25, -0.2) is 0 Å². The molecule has 0 amide bonds. The largest absolute Gasteiger partial charge is 0.467 e. The summed E-state index contributed by atoms with van der Waals surface area (Å²) in [4.78, 5) is 10.4. The molecule has 1 aromatic rings. The Morgan fingerprint density at radius 2 is 2.00 bits per heavy atom. The Morgan fingerprint density at radius 1 is 1.33 bits per heavy atom. The second-order valence-corrected chi connectivity index (χ2v) is 2.72. The summed E-state index contributed by atoms with van der Waals surface area (Å²) in [5.74, 6) is -0.288. The molecule has 0 atom stereocenters. The number of hydrogen-bond donors (Lipinski definition) is 1. The van der Waals surface area contributed by atoms with Gasteiger partial charge in [0.1, 0.15) is 6.54 Å². The van der Waals surface area contributed by atoms with Gasteiger partial charge in [-0.3, -0.25) is 0 Å². The fourth-order valence-electron chi connectivity index (χ4n) is 0.682. The number of methoxy groups -OCH3 is 1. The molecule has 0 aliphatic heterocycles. The van der Waals surface area contributed by atoms with Crippen molar-refractivity contribution >= 4 is 17.5 Å². The normalized spacial score (nSPS) is 11.3. The summed E-state index contributed by atoms with van der Waals surface area (Å²) >= 11 is 5.42. The zero-order valence-electron chi connectivity index (χ0n) is 7.47. The number of nitrogens with one attached hydrogen (secondary N) is 1. The zero-order valence-corrected chi connectivity index (χ0v) is 8.22. The average molecular weight is 243 g/mol. The van der Waals surface area contributed by atoms with Crippen LogP contribution in [0.4, 0.5) is 19.1 Å². The maximum absolute atomic E-state index is 11.8. The van der Waals surface area contributed by atoms with Crippen LogP contribution in [0, 0.1) is 0 Å². The highest BCUT2D eigenvalue weighted by atomic mass is 35.5. The Balaban J connectivity index is 2.73. The number of alkyl halides is 3. The van der Waals surface area contributed by atoms with Crippen LogP contribution in [-0.2, 0) is 0 Å². The van der Waals surface area contributed by atoms with Crippen LogP contribution in [0.1, 0.15) is 0 Å². The third-order valence-corrected chi connectivity index (χ3v) is 1.39. The quantitative estimate of drug-likeness (QED) is 0.871. The first kappa shape index (κ1) is 11.8. The van der Waals surface area contributed by atoms with E-state index in [-0.39, 0.29) is 17.2 Å². The number of hydrogen-bond acceptors (Lipinski definition) is 5. The van der Waals surface area contributed by atoms with Gasteiger partial charge in [-0.2, -0.15) is 28.1 Å². The van der Waals surface area contributed by atoms with Crippen molar-refractivity contribution in [3.05, 3.63) is 5.28 Å². The molecule has 5 nitrogen and oxygen atoms in total. The monoisotopic (exact) mass is 242 g/mol. The van der Waals surface area contributed by atoms with Gasteiger partial charge in [-0.15, -0.1) is 0 Å². The van der Waals surface area contributed by atoms with Gasteiger partial charge in [0.2, 0.25) is 11.2 Å². The maximum atomic E-state index is 11.8. The lowest BCUT2D eigenvalue weighted by Crippen LogP contribution is -2.22. The third-order valence-electron chi connectivity index (χ3n) is 1.22. The fourth-order valence-corrected chi connectivity index (χ4v) is 0.834. The number of rotatable bonds is 3. The summed E-state index contributed by atoms with van der Waals surface area (Å²) in [7, 11) is 1.26. The van der Waals surface area contributed by atoms with Crippen molar-refractivity contribution in [3.8, 4) is 6.01 Å². The van der Waals surface area contributed by atoms with E-state index in [9.17, 15) is 13.2 Å². The fraction of sp³-hybridized carbons (Fsp3) is 0.500. The van der Waals surface area contributed by atoms with E-state index < -0.39 is 12.7 Å². The van der Waals surface area contributed by atoms with Crippen LogP contribution < -0.4 is 10.1 Å². The molecule has 0 fully saturated rings. The van der Waals surface area contributed by atoms with Crippen LogP contribution in [0.5, 0.6) is 6.01 Å². The van der Waals surface area contributed by atoms with Crippen LogP contribution in [0.2, 0.25) is 5.28 Å². The SMILES string of the molecule is COc1nc(Cl)nc(NCC(F)(F)F)n1. The predicted octanol–water partition coefficient (Wildman–Crippen LogP) is 1.51. The number of ether oxygens (including phenoxy) is 1. The molecule has 0 saturated heterocycles. The second kappa shape index (κ2) is 4.47. The second-order valence-electron chi connectivity index (χ2n) is 2.38. The van der Waals surface area contributed by atoms with Gasteiger partial charge in [0, 0.05) is 0 Å². The van der Waals surface area contributed by atoms with Crippen molar-refractivity contribution < 1.29 is 17.9 Å². The molecule has 0 unspecified atom stereocenters. The molecular weight excluding hydrogens is 237 g/mol. The minimum absolute atomic E-state index is 0.153. The summed E-state index contributed by atoms with van der Waals surface area (Å²) in [6.45, 7) is -1.25. The van der Waals surface area contributed by atoms with Crippen molar-refractivity contribution in [2.45, 2.75) is 6.18 Å². The minimum atomic E-state index is -4.35. The van der Waals surface area contributed by atoms with E-state index in [0.29, 0.717) is 0 Å². The number of anilines is 1. The average Bonchev–Trinajstić information content (AvgIpc) is 2.13. The Kier molecular flexibility index (Phi) is 3.51.